The number of hydrogen-bond donors (Lipinski definition) is 2. The molecule has 5 nitrogen and oxygen atoms in total. The fraction of sp³-hybridized carbons (Fsp3) is 0.538. The number of nitrogen functional groups attached to an aromatic ring is 1. The topological polar surface area (TPSA) is 75.4 Å². The lowest BCUT2D eigenvalue weighted by atomic mass is 10.3. The first kappa shape index (κ1) is 15.4. The Labute approximate surface area is 134 Å². The van der Waals surface area contributed by atoms with Crippen LogP contribution >= 0.6 is 23.2 Å². The third-order valence-electron chi connectivity index (χ3n) is 3.99. The first-order chi connectivity index (χ1) is 9.88. The number of nitrogens with two attached hydrogens (primary N) is 1. The predicted octanol–water partition coefficient (Wildman–Crippen LogP) is 2.09. The third-order valence-corrected chi connectivity index (χ3v) is 6.40. The number of halogens is 2. The fourth-order valence-corrected chi connectivity index (χ4v) is 4.72. The van der Waals surface area contributed by atoms with Crippen molar-refractivity contribution in [2.75, 3.05) is 18.8 Å². The van der Waals surface area contributed by atoms with Crippen molar-refractivity contribution in [3.8, 4) is 0 Å². The van der Waals surface area contributed by atoms with Crippen molar-refractivity contribution in [2.24, 2.45) is 0 Å². The average molecular weight is 350 g/mol. The third kappa shape index (κ3) is 3.14. The maximum atomic E-state index is 12.5. The highest BCUT2D eigenvalue weighted by Crippen LogP contribution is 2.34. The van der Waals surface area contributed by atoms with Crippen molar-refractivity contribution in [3.63, 3.8) is 0 Å². The van der Waals surface area contributed by atoms with Crippen molar-refractivity contribution in [2.45, 2.75) is 36.2 Å². The van der Waals surface area contributed by atoms with Crippen LogP contribution in [-0.2, 0) is 10.0 Å². The molecule has 1 aromatic carbocycles. The molecular formula is C13H17Cl2N3O2S. The molecule has 2 fully saturated rings. The van der Waals surface area contributed by atoms with Crippen LogP contribution in [0, 0.1) is 0 Å². The van der Waals surface area contributed by atoms with E-state index >= 15 is 0 Å². The second-order valence-electron chi connectivity index (χ2n) is 5.61. The number of rotatable bonds is 4. The monoisotopic (exact) mass is 349 g/mol. The van der Waals surface area contributed by atoms with Crippen LogP contribution in [0.3, 0.4) is 0 Å². The first-order valence-electron chi connectivity index (χ1n) is 6.88. The normalized spacial score (nSPS) is 23.6. The van der Waals surface area contributed by atoms with E-state index in [0.29, 0.717) is 6.04 Å². The summed E-state index contributed by atoms with van der Waals surface area (Å²) in [5.41, 5.74) is 5.78. The highest BCUT2D eigenvalue weighted by Gasteiger charge is 2.36. The molecule has 0 radical (unpaired) electrons. The van der Waals surface area contributed by atoms with E-state index in [0.717, 1.165) is 19.5 Å². The van der Waals surface area contributed by atoms with Gasteiger partial charge in [-0.25, -0.2) is 13.1 Å². The number of nitrogens with one attached hydrogen (secondary N) is 1. The Morgan fingerprint density at radius 1 is 1.24 bits per heavy atom. The Bertz CT molecular complexity index is 662. The molecule has 1 aliphatic carbocycles. The summed E-state index contributed by atoms with van der Waals surface area (Å²) in [6.45, 7) is 1.69. The van der Waals surface area contributed by atoms with Crippen LogP contribution < -0.4 is 10.5 Å². The van der Waals surface area contributed by atoms with E-state index in [9.17, 15) is 8.42 Å². The second kappa shape index (κ2) is 5.59. The minimum Gasteiger partial charge on any atom is -0.396 e. The quantitative estimate of drug-likeness (QED) is 0.816. The van der Waals surface area contributed by atoms with Gasteiger partial charge in [-0.3, -0.25) is 4.90 Å². The number of hydrogen-bond acceptors (Lipinski definition) is 4. The van der Waals surface area contributed by atoms with E-state index < -0.39 is 10.0 Å². The molecule has 1 atom stereocenters. The molecule has 1 aromatic rings. The van der Waals surface area contributed by atoms with Crippen LogP contribution in [0.2, 0.25) is 10.0 Å². The maximum absolute atomic E-state index is 12.5. The van der Waals surface area contributed by atoms with Crippen LogP contribution in [0.5, 0.6) is 0 Å². The van der Waals surface area contributed by atoms with Gasteiger partial charge in [-0.05, 0) is 31.4 Å². The summed E-state index contributed by atoms with van der Waals surface area (Å²) >= 11 is 11.9. The summed E-state index contributed by atoms with van der Waals surface area (Å²) in [5, 5.41) is 0.228. The Morgan fingerprint density at radius 3 is 2.62 bits per heavy atom. The first-order valence-corrected chi connectivity index (χ1v) is 9.12. The van der Waals surface area contributed by atoms with E-state index in [1.165, 1.54) is 25.0 Å². The molecule has 3 N–H and O–H groups in total. The lowest BCUT2D eigenvalue weighted by Gasteiger charge is -2.17. The zero-order valence-corrected chi connectivity index (χ0v) is 13.7. The van der Waals surface area contributed by atoms with Crippen molar-refractivity contribution in [1.29, 1.82) is 0 Å². The highest BCUT2D eigenvalue weighted by molar-refractivity contribution is 7.89. The Balaban J connectivity index is 1.76. The Kier molecular flexibility index (Phi) is 4.09. The van der Waals surface area contributed by atoms with Crippen LogP contribution in [0.1, 0.15) is 19.3 Å². The Hall–Kier alpha value is -0.530. The largest absolute Gasteiger partial charge is 0.396 e. The van der Waals surface area contributed by atoms with Crippen LogP contribution in [0.4, 0.5) is 5.69 Å². The van der Waals surface area contributed by atoms with Crippen molar-refractivity contribution >= 4 is 38.9 Å². The fourth-order valence-electron chi connectivity index (χ4n) is 2.69. The summed E-state index contributed by atoms with van der Waals surface area (Å²) < 4.78 is 27.6. The number of benzene rings is 1. The predicted molar refractivity (Wildman–Crippen MR) is 84.2 cm³/mol. The van der Waals surface area contributed by atoms with Crippen LogP contribution in [0.25, 0.3) is 0 Å². The van der Waals surface area contributed by atoms with E-state index in [1.54, 1.807) is 0 Å². The number of anilines is 1. The molecule has 0 aromatic heterocycles. The van der Waals surface area contributed by atoms with Crippen molar-refractivity contribution in [1.82, 2.24) is 9.62 Å². The molecule has 0 amide bonds. The molecule has 1 saturated carbocycles. The molecule has 1 saturated heterocycles. The standard InChI is InChI=1S/C13H17Cl2N3O2S/c14-10-3-4-11(12(15)13(10)16)21(19,20)17-8-5-6-18(7-8)9-1-2-9/h3-4,8-9,17H,1-2,5-7,16H2. The van der Waals surface area contributed by atoms with Gasteiger partial charge >= 0.3 is 0 Å². The average Bonchev–Trinajstić information content (AvgIpc) is 3.17. The van der Waals surface area contributed by atoms with E-state index in [4.69, 9.17) is 28.9 Å². The van der Waals surface area contributed by atoms with E-state index in [2.05, 4.69) is 9.62 Å². The van der Waals surface area contributed by atoms with Gasteiger partial charge < -0.3 is 5.73 Å². The summed E-state index contributed by atoms with van der Waals surface area (Å²) in [6, 6.07) is 3.40. The van der Waals surface area contributed by atoms with Gasteiger partial charge in [-0.15, -0.1) is 0 Å². The van der Waals surface area contributed by atoms with E-state index in [-0.39, 0.29) is 26.7 Å². The summed E-state index contributed by atoms with van der Waals surface area (Å²) in [7, 11) is -3.69. The van der Waals surface area contributed by atoms with Gasteiger partial charge in [-0.2, -0.15) is 0 Å². The van der Waals surface area contributed by atoms with Gasteiger partial charge in [0.05, 0.1) is 15.7 Å². The molecule has 1 unspecified atom stereocenters. The van der Waals surface area contributed by atoms with E-state index in [1.807, 2.05) is 0 Å². The van der Waals surface area contributed by atoms with Crippen LogP contribution in [-0.4, -0.2) is 38.5 Å². The molecular weight excluding hydrogens is 333 g/mol. The highest BCUT2D eigenvalue weighted by atomic mass is 35.5. The van der Waals surface area contributed by atoms with Crippen LogP contribution in [0.15, 0.2) is 17.0 Å². The van der Waals surface area contributed by atoms with Crippen molar-refractivity contribution in [3.05, 3.63) is 22.2 Å². The maximum Gasteiger partial charge on any atom is 0.242 e. The lowest BCUT2D eigenvalue weighted by molar-refractivity contribution is 0.322. The number of nitrogens with zero attached hydrogens (tertiary/aromatic N) is 1. The molecule has 116 valence electrons. The molecule has 3 rings (SSSR count). The molecule has 0 bridgehead atoms. The smallest absolute Gasteiger partial charge is 0.242 e. The van der Waals surface area contributed by atoms with Gasteiger partial charge in [-0.1, -0.05) is 23.2 Å². The SMILES string of the molecule is Nc1c(Cl)ccc(S(=O)(=O)NC2CCN(C3CC3)C2)c1Cl. The number of sulfonamides is 1. The van der Waals surface area contributed by atoms with Gasteiger partial charge in [0.15, 0.2) is 0 Å². The zero-order chi connectivity index (χ0) is 15.2. The second-order valence-corrected chi connectivity index (χ2v) is 8.07. The molecule has 21 heavy (non-hydrogen) atoms. The molecule has 1 heterocycles. The van der Waals surface area contributed by atoms with Gasteiger partial charge in [0, 0.05) is 25.2 Å². The molecule has 0 spiro atoms. The zero-order valence-electron chi connectivity index (χ0n) is 11.4. The van der Waals surface area contributed by atoms with Gasteiger partial charge in [0.2, 0.25) is 10.0 Å². The minimum atomic E-state index is -3.69. The molecule has 1 aliphatic heterocycles. The van der Waals surface area contributed by atoms with Gasteiger partial charge in [0.1, 0.15) is 4.90 Å². The van der Waals surface area contributed by atoms with Gasteiger partial charge in [0.25, 0.3) is 0 Å². The summed E-state index contributed by atoms with van der Waals surface area (Å²) in [5.74, 6) is 0. The number of likely N-dealkylation sites (tertiary alicyclic amines) is 1. The molecule has 8 heteroatoms. The Morgan fingerprint density at radius 2 is 1.95 bits per heavy atom. The minimum absolute atomic E-state index is 0.0176. The molecule has 2 aliphatic rings. The lowest BCUT2D eigenvalue weighted by Crippen LogP contribution is -2.37. The summed E-state index contributed by atoms with van der Waals surface area (Å²) in [4.78, 5) is 2.32. The van der Waals surface area contributed by atoms with Crippen molar-refractivity contribution < 1.29 is 8.42 Å². The summed E-state index contributed by atoms with van der Waals surface area (Å²) in [6.07, 6.45) is 3.26.